The van der Waals surface area contributed by atoms with E-state index in [1.807, 2.05) is 0 Å². The highest BCUT2D eigenvalue weighted by atomic mass is 19.1. The predicted molar refractivity (Wildman–Crippen MR) is 127 cm³/mol. The summed E-state index contributed by atoms with van der Waals surface area (Å²) >= 11 is 0. The molecule has 0 radical (unpaired) electrons. The van der Waals surface area contributed by atoms with Gasteiger partial charge in [0.25, 0.3) is 0 Å². The van der Waals surface area contributed by atoms with Gasteiger partial charge in [-0.15, -0.1) is 0 Å². The molecule has 0 aliphatic carbocycles. The van der Waals surface area contributed by atoms with Crippen LogP contribution < -0.4 is 4.74 Å². The molecule has 0 atom stereocenters. The summed E-state index contributed by atoms with van der Waals surface area (Å²) in [6.45, 7) is 2.71. The first-order valence-corrected chi connectivity index (χ1v) is 12.7. The first-order valence-electron chi connectivity index (χ1n) is 12.7. The summed E-state index contributed by atoms with van der Waals surface area (Å²) in [4.78, 5) is 23.5. The third-order valence-corrected chi connectivity index (χ3v) is 5.55. The molecule has 0 heterocycles. The number of hydrogen-bond donors (Lipinski definition) is 0. The van der Waals surface area contributed by atoms with E-state index in [1.165, 1.54) is 95.2 Å². The molecule has 0 bridgehead atoms. The highest BCUT2D eigenvalue weighted by Gasteiger charge is 2.09. The zero-order chi connectivity index (χ0) is 23.3. The smallest absolute Gasteiger partial charge is 0.311 e. The quantitative estimate of drug-likeness (QED) is 0.115. The number of unbranched alkanes of at least 4 members (excludes halogenated alkanes) is 13. The van der Waals surface area contributed by atoms with Crippen LogP contribution in [0.2, 0.25) is 0 Å². The van der Waals surface area contributed by atoms with Crippen molar-refractivity contribution in [3.05, 3.63) is 30.1 Å². The lowest BCUT2D eigenvalue weighted by Gasteiger charge is -2.06. The molecule has 0 saturated heterocycles. The van der Waals surface area contributed by atoms with Crippen LogP contribution in [-0.2, 0) is 14.3 Å². The minimum Gasteiger partial charge on any atom is -0.466 e. The van der Waals surface area contributed by atoms with Crippen molar-refractivity contribution >= 4 is 11.9 Å². The van der Waals surface area contributed by atoms with Gasteiger partial charge in [-0.1, -0.05) is 96.5 Å². The minimum atomic E-state index is -0.477. The molecule has 182 valence electrons. The van der Waals surface area contributed by atoms with Crippen molar-refractivity contribution in [1.82, 2.24) is 0 Å². The van der Waals surface area contributed by atoms with Crippen LogP contribution in [0.4, 0.5) is 4.39 Å². The van der Waals surface area contributed by atoms with Crippen molar-refractivity contribution in [1.29, 1.82) is 0 Å². The maximum atomic E-state index is 13.1. The predicted octanol–water partition coefficient (Wildman–Crippen LogP) is 7.93. The lowest BCUT2D eigenvalue weighted by atomic mass is 10.0. The van der Waals surface area contributed by atoms with Crippen molar-refractivity contribution in [2.75, 3.05) is 6.61 Å². The van der Waals surface area contributed by atoms with Gasteiger partial charge in [0, 0.05) is 18.9 Å². The average Bonchev–Trinajstić information content (AvgIpc) is 2.76. The van der Waals surface area contributed by atoms with Crippen LogP contribution in [0.1, 0.15) is 116 Å². The van der Waals surface area contributed by atoms with Crippen molar-refractivity contribution in [2.45, 2.75) is 116 Å². The van der Waals surface area contributed by atoms with E-state index in [0.717, 1.165) is 18.9 Å². The summed E-state index contributed by atoms with van der Waals surface area (Å²) < 4.78 is 23.3. The Morgan fingerprint density at radius 3 is 1.81 bits per heavy atom. The van der Waals surface area contributed by atoms with E-state index < -0.39 is 11.8 Å². The number of hydrogen-bond acceptors (Lipinski definition) is 4. The van der Waals surface area contributed by atoms with Gasteiger partial charge in [0.05, 0.1) is 6.61 Å². The van der Waals surface area contributed by atoms with E-state index in [9.17, 15) is 14.0 Å². The normalized spacial score (nSPS) is 10.8. The Labute approximate surface area is 194 Å². The Hall–Kier alpha value is -1.91. The summed E-state index contributed by atoms with van der Waals surface area (Å²) in [7, 11) is 0. The lowest BCUT2D eigenvalue weighted by molar-refractivity contribution is -0.144. The number of esters is 2. The molecule has 0 aromatic heterocycles. The molecule has 0 aliphatic rings. The molecule has 4 nitrogen and oxygen atoms in total. The van der Waals surface area contributed by atoms with Crippen molar-refractivity contribution < 1.29 is 23.5 Å². The van der Waals surface area contributed by atoms with Gasteiger partial charge in [0.15, 0.2) is 0 Å². The van der Waals surface area contributed by atoms with Crippen molar-refractivity contribution in [3.8, 4) is 5.75 Å². The highest BCUT2D eigenvalue weighted by Crippen LogP contribution is 2.14. The summed E-state index contributed by atoms with van der Waals surface area (Å²) in [5.41, 5.74) is 0. The van der Waals surface area contributed by atoms with Crippen LogP contribution in [0.15, 0.2) is 24.3 Å². The standard InChI is InChI=1S/C27H43FO4/c1-2-3-4-5-6-7-8-9-10-11-12-13-14-15-22-31-26(29)20-17-21-27(30)32-25-19-16-18-24(28)23-25/h16,18-19,23H,2-15,17,20-22H2,1H3. The van der Waals surface area contributed by atoms with Crippen LogP contribution in [-0.4, -0.2) is 18.5 Å². The van der Waals surface area contributed by atoms with Gasteiger partial charge in [0.1, 0.15) is 11.6 Å². The summed E-state index contributed by atoms with van der Waals surface area (Å²) in [6, 6.07) is 5.44. The molecule has 0 unspecified atom stereocenters. The maximum absolute atomic E-state index is 13.1. The molecule has 0 fully saturated rings. The van der Waals surface area contributed by atoms with Crippen LogP contribution in [0.5, 0.6) is 5.75 Å². The zero-order valence-electron chi connectivity index (χ0n) is 20.0. The second kappa shape index (κ2) is 19.8. The summed E-state index contributed by atoms with van der Waals surface area (Å²) in [5, 5.41) is 0. The number of rotatable bonds is 20. The first kappa shape index (κ1) is 28.1. The number of ether oxygens (including phenoxy) is 2. The van der Waals surface area contributed by atoms with E-state index in [4.69, 9.17) is 9.47 Å². The molecule has 1 aromatic rings. The first-order chi connectivity index (χ1) is 15.6. The van der Waals surface area contributed by atoms with Crippen LogP contribution in [0, 0.1) is 5.82 Å². The number of carbonyl (C=O) groups excluding carboxylic acids is 2. The molecule has 32 heavy (non-hydrogen) atoms. The van der Waals surface area contributed by atoms with Crippen molar-refractivity contribution in [3.63, 3.8) is 0 Å². The molecule has 5 heteroatoms. The minimum absolute atomic E-state index is 0.102. The van der Waals surface area contributed by atoms with E-state index in [-0.39, 0.29) is 24.6 Å². The third kappa shape index (κ3) is 16.7. The van der Waals surface area contributed by atoms with Crippen molar-refractivity contribution in [2.24, 2.45) is 0 Å². The molecule has 0 spiro atoms. The van der Waals surface area contributed by atoms with Gasteiger partial charge in [0.2, 0.25) is 0 Å². The Bertz CT molecular complexity index is 617. The Balaban J connectivity index is 1.84. The van der Waals surface area contributed by atoms with Gasteiger partial charge in [-0.25, -0.2) is 4.39 Å². The molecule has 1 aromatic carbocycles. The second-order valence-electron chi connectivity index (χ2n) is 8.60. The molecule has 1 rings (SSSR count). The topological polar surface area (TPSA) is 52.6 Å². The van der Waals surface area contributed by atoms with Crippen LogP contribution in [0.3, 0.4) is 0 Å². The Morgan fingerprint density at radius 1 is 0.719 bits per heavy atom. The molecule has 0 amide bonds. The number of carbonyl (C=O) groups is 2. The van der Waals surface area contributed by atoms with Gasteiger partial charge in [-0.2, -0.15) is 0 Å². The average molecular weight is 451 g/mol. The SMILES string of the molecule is CCCCCCCCCCCCCCCCOC(=O)CCCC(=O)Oc1cccc(F)c1. The Kier molecular flexibility index (Phi) is 17.4. The van der Waals surface area contributed by atoms with Gasteiger partial charge in [-0.3, -0.25) is 9.59 Å². The fourth-order valence-corrected chi connectivity index (χ4v) is 3.64. The Morgan fingerprint density at radius 2 is 1.25 bits per heavy atom. The van der Waals surface area contributed by atoms with Gasteiger partial charge >= 0.3 is 11.9 Å². The zero-order valence-corrected chi connectivity index (χ0v) is 20.0. The highest BCUT2D eigenvalue weighted by molar-refractivity contribution is 5.74. The van der Waals surface area contributed by atoms with E-state index >= 15 is 0 Å². The number of benzene rings is 1. The largest absolute Gasteiger partial charge is 0.466 e. The molecule has 0 N–H and O–H groups in total. The third-order valence-electron chi connectivity index (χ3n) is 5.55. The molecular weight excluding hydrogens is 407 g/mol. The van der Waals surface area contributed by atoms with E-state index in [2.05, 4.69) is 6.92 Å². The van der Waals surface area contributed by atoms with E-state index in [1.54, 1.807) is 0 Å². The van der Waals surface area contributed by atoms with Crippen LogP contribution >= 0.6 is 0 Å². The fourth-order valence-electron chi connectivity index (χ4n) is 3.64. The van der Waals surface area contributed by atoms with Gasteiger partial charge in [-0.05, 0) is 25.0 Å². The monoisotopic (exact) mass is 450 g/mol. The fraction of sp³-hybridized carbons (Fsp3) is 0.704. The number of halogens is 1. The molecular formula is C27H43FO4. The second-order valence-corrected chi connectivity index (χ2v) is 8.60. The van der Waals surface area contributed by atoms with Crippen LogP contribution in [0.25, 0.3) is 0 Å². The summed E-state index contributed by atoms with van der Waals surface area (Å²) in [6.07, 6.45) is 18.8. The van der Waals surface area contributed by atoms with Gasteiger partial charge < -0.3 is 9.47 Å². The lowest BCUT2D eigenvalue weighted by Crippen LogP contribution is -2.10. The van der Waals surface area contributed by atoms with E-state index in [0.29, 0.717) is 13.0 Å². The summed E-state index contributed by atoms with van der Waals surface area (Å²) in [5.74, 6) is -1.04. The molecule has 0 saturated carbocycles. The molecule has 0 aliphatic heterocycles. The maximum Gasteiger partial charge on any atom is 0.311 e.